The quantitative estimate of drug-likeness (QED) is 0.438. The molecular weight excluding hydrogens is 176 g/mol. The molecule has 78 valence electrons. The highest BCUT2D eigenvalue weighted by Crippen LogP contribution is 1.92. The molecule has 0 bridgehead atoms. The lowest BCUT2D eigenvalue weighted by Gasteiger charge is -2.01. The Balaban J connectivity index is 0. The molecule has 0 fully saturated rings. The monoisotopic (exact) mass is 192 g/mol. The molecule has 0 aliphatic heterocycles. The number of carbonyl (C=O) groups excluding carboxylic acids is 1. The van der Waals surface area contributed by atoms with Crippen LogP contribution in [0.4, 0.5) is 0 Å². The van der Waals surface area contributed by atoms with Gasteiger partial charge in [-0.3, -0.25) is 9.59 Å². The van der Waals surface area contributed by atoms with E-state index in [1.165, 1.54) is 0 Å². The van der Waals surface area contributed by atoms with Gasteiger partial charge in [0.1, 0.15) is 6.04 Å². The number of carbonyl (C=O) groups is 2. The molecule has 0 aromatic heterocycles. The first-order valence-electron chi connectivity index (χ1n) is 3.83. The van der Waals surface area contributed by atoms with E-state index in [9.17, 15) is 9.59 Å². The number of hydrogen-bond acceptors (Lipinski definition) is 4. The van der Waals surface area contributed by atoms with E-state index in [1.807, 2.05) is 0 Å². The number of amides is 1. The molecule has 0 aromatic carbocycles. The summed E-state index contributed by atoms with van der Waals surface area (Å²) in [5.41, 5.74) is 9.81. The van der Waals surface area contributed by atoms with Crippen LogP contribution >= 0.6 is 0 Å². The molecule has 0 rings (SSSR count). The van der Waals surface area contributed by atoms with E-state index in [2.05, 4.69) is 0 Å². The fourth-order valence-electron chi connectivity index (χ4n) is 0.421. The summed E-state index contributed by atoms with van der Waals surface area (Å²) < 4.78 is 0. The van der Waals surface area contributed by atoms with Gasteiger partial charge in [-0.1, -0.05) is 0 Å². The summed E-state index contributed by atoms with van der Waals surface area (Å²) in [4.78, 5) is 20.1. The number of aliphatic carboxylic acids is 1. The zero-order valence-corrected chi connectivity index (χ0v) is 7.56. The third-order valence-corrected chi connectivity index (χ3v) is 1.02. The molecule has 6 heteroatoms. The Bertz CT molecular complexity index is 161. The lowest BCUT2D eigenvalue weighted by Crippen LogP contribution is -2.31. The second-order valence-electron chi connectivity index (χ2n) is 2.27. The molecule has 0 aliphatic carbocycles. The van der Waals surface area contributed by atoms with Crippen LogP contribution in [0.15, 0.2) is 0 Å². The molecule has 0 radical (unpaired) electrons. The lowest BCUT2D eigenvalue weighted by molar-refractivity contribution is -0.138. The molecule has 0 unspecified atom stereocenters. The van der Waals surface area contributed by atoms with Crippen molar-refractivity contribution in [3.05, 3.63) is 0 Å². The Morgan fingerprint density at radius 2 is 1.85 bits per heavy atom. The highest BCUT2D eigenvalue weighted by atomic mass is 16.4. The summed E-state index contributed by atoms with van der Waals surface area (Å²) in [5, 5.41) is 15.8. The van der Waals surface area contributed by atoms with E-state index >= 15 is 0 Å². The molecular formula is C7H16N2O4. The predicted molar refractivity (Wildman–Crippen MR) is 46.8 cm³/mol. The van der Waals surface area contributed by atoms with E-state index in [4.69, 9.17) is 21.7 Å². The van der Waals surface area contributed by atoms with Crippen molar-refractivity contribution < 1.29 is 19.8 Å². The van der Waals surface area contributed by atoms with Gasteiger partial charge in [-0.2, -0.15) is 0 Å². The van der Waals surface area contributed by atoms with E-state index < -0.39 is 17.9 Å². The van der Waals surface area contributed by atoms with Crippen molar-refractivity contribution in [3.8, 4) is 0 Å². The van der Waals surface area contributed by atoms with Crippen LogP contribution in [0.25, 0.3) is 0 Å². The van der Waals surface area contributed by atoms with Crippen molar-refractivity contribution in [2.45, 2.75) is 25.8 Å². The van der Waals surface area contributed by atoms with Crippen LogP contribution < -0.4 is 11.5 Å². The number of hydrogen-bond donors (Lipinski definition) is 4. The molecule has 6 N–H and O–H groups in total. The molecule has 0 aliphatic rings. The molecule has 13 heavy (non-hydrogen) atoms. The Morgan fingerprint density at radius 3 is 2.08 bits per heavy atom. The van der Waals surface area contributed by atoms with E-state index in [1.54, 1.807) is 6.92 Å². The van der Waals surface area contributed by atoms with E-state index in [0.717, 1.165) is 0 Å². The molecule has 0 saturated carbocycles. The third kappa shape index (κ3) is 13.8. The van der Waals surface area contributed by atoms with Gasteiger partial charge in [0.25, 0.3) is 0 Å². The van der Waals surface area contributed by atoms with Crippen LogP contribution in [0.1, 0.15) is 19.8 Å². The van der Waals surface area contributed by atoms with Crippen molar-refractivity contribution >= 4 is 11.9 Å². The smallest absolute Gasteiger partial charge is 0.320 e. The molecule has 0 heterocycles. The van der Waals surface area contributed by atoms with Gasteiger partial charge in [0.15, 0.2) is 0 Å². The molecule has 0 spiro atoms. The Kier molecular flexibility index (Phi) is 9.91. The zero-order valence-electron chi connectivity index (χ0n) is 7.56. The van der Waals surface area contributed by atoms with Gasteiger partial charge in [-0.25, -0.2) is 0 Å². The predicted octanol–water partition coefficient (Wildman–Crippen LogP) is -1.34. The summed E-state index contributed by atoms with van der Waals surface area (Å²) in [6.45, 7) is 1.93. The van der Waals surface area contributed by atoms with Gasteiger partial charge in [-0.15, -0.1) is 0 Å². The molecule has 0 aromatic rings. The highest BCUT2D eigenvalue weighted by molar-refractivity contribution is 5.76. The average Bonchev–Trinajstić information content (AvgIpc) is 2.01. The van der Waals surface area contributed by atoms with Crippen LogP contribution in [0.2, 0.25) is 0 Å². The second-order valence-corrected chi connectivity index (χ2v) is 2.27. The number of aliphatic hydroxyl groups is 1. The first-order chi connectivity index (χ1) is 5.95. The van der Waals surface area contributed by atoms with Crippen LogP contribution in [-0.2, 0) is 9.59 Å². The van der Waals surface area contributed by atoms with Crippen LogP contribution in [0, 0.1) is 0 Å². The first kappa shape index (κ1) is 14.4. The van der Waals surface area contributed by atoms with Gasteiger partial charge < -0.3 is 21.7 Å². The number of carboxylic acids is 1. The number of aliphatic hydroxyl groups excluding tert-OH is 1. The number of rotatable bonds is 4. The second kappa shape index (κ2) is 8.95. The van der Waals surface area contributed by atoms with Crippen molar-refractivity contribution in [1.29, 1.82) is 0 Å². The topological polar surface area (TPSA) is 127 Å². The fraction of sp³-hybridized carbons (Fsp3) is 0.714. The Hall–Kier alpha value is -1.14. The lowest BCUT2D eigenvalue weighted by atomic mass is 10.2. The van der Waals surface area contributed by atoms with Crippen molar-refractivity contribution in [3.63, 3.8) is 0 Å². The molecule has 6 nitrogen and oxygen atoms in total. The van der Waals surface area contributed by atoms with Crippen LogP contribution in [0.3, 0.4) is 0 Å². The van der Waals surface area contributed by atoms with Crippen molar-refractivity contribution in [2.75, 3.05) is 6.61 Å². The maximum absolute atomic E-state index is 10.1. The number of nitrogens with two attached hydrogens (primary N) is 2. The van der Waals surface area contributed by atoms with Gasteiger partial charge in [0.05, 0.1) is 0 Å². The summed E-state index contributed by atoms with van der Waals surface area (Å²) in [6, 6.07) is -0.979. The van der Waals surface area contributed by atoms with Crippen molar-refractivity contribution in [1.82, 2.24) is 0 Å². The Morgan fingerprint density at radius 1 is 1.46 bits per heavy atom. The van der Waals surface area contributed by atoms with Crippen molar-refractivity contribution in [2.24, 2.45) is 11.5 Å². The third-order valence-electron chi connectivity index (χ3n) is 1.02. The zero-order chi connectivity index (χ0) is 10.9. The maximum Gasteiger partial charge on any atom is 0.320 e. The van der Waals surface area contributed by atoms with Gasteiger partial charge in [0.2, 0.25) is 5.91 Å². The minimum Gasteiger partial charge on any atom is -0.480 e. The SMILES string of the molecule is CCO.NC(=O)CC[C@H](N)C(=O)O. The fourth-order valence-corrected chi connectivity index (χ4v) is 0.421. The number of primary amides is 1. The minimum absolute atomic E-state index is 0.0213. The summed E-state index contributed by atoms with van der Waals surface area (Å²) in [6.07, 6.45) is 0.123. The highest BCUT2D eigenvalue weighted by Gasteiger charge is 2.11. The molecule has 1 atom stereocenters. The summed E-state index contributed by atoms with van der Waals surface area (Å²) in [7, 11) is 0. The number of carboxylic acid groups (broad SMARTS) is 1. The maximum atomic E-state index is 10.1. The molecule has 0 saturated heterocycles. The van der Waals surface area contributed by atoms with Crippen LogP contribution in [0.5, 0.6) is 0 Å². The minimum atomic E-state index is -1.11. The van der Waals surface area contributed by atoms with Crippen LogP contribution in [-0.4, -0.2) is 34.7 Å². The average molecular weight is 192 g/mol. The standard InChI is InChI=1S/C5H10N2O3.C2H6O/c6-3(5(9)10)1-2-4(7)8;1-2-3/h3H,1-2,6H2,(H2,7,8)(H,9,10);3H,2H2,1H3/t3-;/m0./s1. The van der Waals surface area contributed by atoms with E-state index in [0.29, 0.717) is 0 Å². The Labute approximate surface area is 76.5 Å². The largest absolute Gasteiger partial charge is 0.480 e. The summed E-state index contributed by atoms with van der Waals surface area (Å²) >= 11 is 0. The normalized spacial score (nSPS) is 11.0. The van der Waals surface area contributed by atoms with Gasteiger partial charge >= 0.3 is 5.97 Å². The van der Waals surface area contributed by atoms with E-state index in [-0.39, 0.29) is 19.4 Å². The first-order valence-corrected chi connectivity index (χ1v) is 3.83. The molecule has 1 amide bonds. The summed E-state index contributed by atoms with van der Waals surface area (Å²) in [5.74, 6) is -1.64. The van der Waals surface area contributed by atoms with Gasteiger partial charge in [0, 0.05) is 13.0 Å². The van der Waals surface area contributed by atoms with Gasteiger partial charge in [-0.05, 0) is 13.3 Å².